The first-order chi connectivity index (χ1) is 19.6. The van der Waals surface area contributed by atoms with Crippen LogP contribution in [0, 0.1) is 11.3 Å². The smallest absolute Gasteiger partial charge is 0.231 e. The fraction of sp³-hybridized carbons (Fsp3) is 0.886. The molecule has 240 valence electrons. The van der Waals surface area contributed by atoms with E-state index in [1.807, 2.05) is 0 Å². The highest BCUT2D eigenvalue weighted by molar-refractivity contribution is 5.98. The molecule has 5 unspecified atom stereocenters. The first-order valence-corrected chi connectivity index (χ1v) is 17.0. The lowest BCUT2D eigenvalue weighted by atomic mass is 9.65. The van der Waals surface area contributed by atoms with Crippen molar-refractivity contribution in [3.63, 3.8) is 0 Å². The lowest BCUT2D eigenvalue weighted by Crippen LogP contribution is -2.72. The van der Waals surface area contributed by atoms with Gasteiger partial charge in [0.25, 0.3) is 0 Å². The molecule has 6 bridgehead atoms. The van der Waals surface area contributed by atoms with Gasteiger partial charge in [0.15, 0.2) is 0 Å². The van der Waals surface area contributed by atoms with Crippen LogP contribution in [0.3, 0.4) is 0 Å². The maximum Gasteiger partial charge on any atom is 0.231 e. The zero-order valence-electron chi connectivity index (χ0n) is 29.6. The Hall–Kier alpha value is -1.80. The standard InChI is InChI=1S/C35H60N8/c1-30(2,3)21-31(4,5)41-28-38-27-24-23(20-32(6,7)43(34(24,10)11)29(39-27)40-28)37-26-25(36)22-18-16-14-15-17-19-42(33(22,8)9)35(26,12)13/h22-25H,14-21H2,1-13H3,(H,38,39,40,41). The molecule has 0 aliphatic carbocycles. The van der Waals surface area contributed by atoms with E-state index in [0.717, 1.165) is 43.3 Å². The molecular weight excluding hydrogens is 532 g/mol. The van der Waals surface area contributed by atoms with Gasteiger partial charge in [-0.25, -0.2) is 0 Å². The zero-order chi connectivity index (χ0) is 32.0. The van der Waals surface area contributed by atoms with Gasteiger partial charge in [-0.05, 0) is 107 Å². The summed E-state index contributed by atoms with van der Waals surface area (Å²) in [5, 5.41) is 3.67. The Morgan fingerprint density at radius 1 is 0.884 bits per heavy atom. The summed E-state index contributed by atoms with van der Waals surface area (Å²) in [6.45, 7) is 30.8. The van der Waals surface area contributed by atoms with Crippen LogP contribution >= 0.6 is 0 Å². The highest BCUT2D eigenvalue weighted by Gasteiger charge is 2.59. The average molecular weight is 593 g/mol. The highest BCUT2D eigenvalue weighted by Crippen LogP contribution is 2.53. The second-order valence-electron chi connectivity index (χ2n) is 18.2. The molecule has 3 fully saturated rings. The van der Waals surface area contributed by atoms with Gasteiger partial charge >= 0.3 is 0 Å². The van der Waals surface area contributed by atoms with Gasteiger partial charge in [0.05, 0.1) is 34.8 Å². The number of nitrogens with one attached hydrogen (secondary N) is 1. The number of rotatable bonds is 4. The van der Waals surface area contributed by atoms with Crippen LogP contribution in [-0.4, -0.2) is 71.9 Å². The Kier molecular flexibility index (Phi) is 7.86. The first kappa shape index (κ1) is 32.6. The first-order valence-electron chi connectivity index (χ1n) is 17.0. The van der Waals surface area contributed by atoms with Crippen molar-refractivity contribution in [3.05, 3.63) is 5.82 Å². The molecule has 4 aliphatic heterocycles. The number of aromatic nitrogens is 3. The summed E-state index contributed by atoms with van der Waals surface area (Å²) in [6.07, 6.45) is 7.74. The van der Waals surface area contributed by atoms with E-state index >= 15 is 0 Å². The van der Waals surface area contributed by atoms with Gasteiger partial charge in [0.2, 0.25) is 11.9 Å². The predicted molar refractivity (Wildman–Crippen MR) is 178 cm³/mol. The number of hydrogen-bond acceptors (Lipinski definition) is 7. The number of hydrogen-bond donors (Lipinski definition) is 1. The van der Waals surface area contributed by atoms with Crippen molar-refractivity contribution in [1.82, 2.24) is 25.6 Å². The average Bonchev–Trinajstić information content (AvgIpc) is 2.84. The molecule has 4 aliphatic rings. The molecule has 8 nitrogen and oxygen atoms in total. The van der Waals surface area contributed by atoms with E-state index in [1.165, 1.54) is 25.7 Å². The summed E-state index contributed by atoms with van der Waals surface area (Å²) >= 11 is 0. The summed E-state index contributed by atoms with van der Waals surface area (Å²) in [4.78, 5) is 25.9. The molecule has 1 N–H and O–H groups in total. The molecule has 3 saturated heterocycles. The number of nitrogens with zero attached hydrogens (tertiary/aromatic N) is 7. The minimum Gasteiger partial charge on any atom is -0.349 e. The van der Waals surface area contributed by atoms with E-state index < -0.39 is 6.04 Å². The number of fused-ring (bicyclic) bond motifs is 8. The van der Waals surface area contributed by atoms with Gasteiger partial charge < -0.3 is 10.2 Å². The van der Waals surface area contributed by atoms with Gasteiger partial charge in [0, 0.05) is 22.5 Å². The Morgan fingerprint density at radius 3 is 2.19 bits per heavy atom. The Bertz CT molecular complexity index is 1240. The number of aliphatic imine (C=N–C) groups is 1. The van der Waals surface area contributed by atoms with Crippen molar-refractivity contribution in [1.29, 1.82) is 0 Å². The molecule has 8 heteroatoms. The number of anilines is 2. The predicted octanol–water partition coefficient (Wildman–Crippen LogP) is 7.06. The van der Waals surface area contributed by atoms with Crippen LogP contribution in [0.15, 0.2) is 4.99 Å². The fourth-order valence-corrected chi connectivity index (χ4v) is 10.1. The van der Waals surface area contributed by atoms with Gasteiger partial charge in [-0.1, -0.05) is 40.0 Å². The third-order valence-corrected chi connectivity index (χ3v) is 11.1. The third kappa shape index (κ3) is 5.73. The van der Waals surface area contributed by atoms with Gasteiger partial charge in [-0.15, -0.1) is 5.73 Å². The molecule has 0 aromatic carbocycles. The Balaban J connectivity index is 1.60. The Labute approximate surface area is 262 Å². The highest BCUT2D eigenvalue weighted by atomic mass is 15.4. The van der Waals surface area contributed by atoms with E-state index in [-0.39, 0.29) is 51.0 Å². The molecule has 0 amide bonds. The summed E-state index contributed by atoms with van der Waals surface area (Å²) in [5.74, 6) is 2.36. The lowest BCUT2D eigenvalue weighted by molar-refractivity contribution is -0.0169. The molecule has 0 saturated carbocycles. The van der Waals surface area contributed by atoms with Crippen molar-refractivity contribution in [2.75, 3.05) is 16.8 Å². The maximum absolute atomic E-state index is 12.2. The van der Waals surface area contributed by atoms with Crippen LogP contribution in [0.25, 0.3) is 0 Å². The van der Waals surface area contributed by atoms with E-state index in [1.54, 1.807) is 0 Å². The van der Waals surface area contributed by atoms with E-state index in [4.69, 9.17) is 19.9 Å². The van der Waals surface area contributed by atoms with Crippen LogP contribution in [0.4, 0.5) is 11.9 Å². The van der Waals surface area contributed by atoms with Crippen molar-refractivity contribution in [3.8, 4) is 0 Å². The SMILES string of the molecule is CC(C)(C)CC(C)(C)Nc1nc2nc(n1)N1C(C)(C)CC(N=C3C([N])C4CCCCCCN(C3(C)C)C4(C)C)C2C1(C)C. The Morgan fingerprint density at radius 2 is 1.53 bits per heavy atom. The topological polar surface area (TPSA) is 91.8 Å². The minimum atomic E-state index is -0.559. The molecule has 0 spiro atoms. The van der Waals surface area contributed by atoms with E-state index in [0.29, 0.717) is 5.95 Å². The van der Waals surface area contributed by atoms with Crippen LogP contribution < -0.4 is 16.0 Å². The minimum absolute atomic E-state index is 0.0182. The van der Waals surface area contributed by atoms with Crippen molar-refractivity contribution >= 4 is 17.6 Å². The summed E-state index contributed by atoms with van der Waals surface area (Å²) < 4.78 is 0. The van der Waals surface area contributed by atoms with Crippen LogP contribution in [-0.2, 0) is 0 Å². The quantitative estimate of drug-likeness (QED) is 0.402. The van der Waals surface area contributed by atoms with E-state index in [2.05, 4.69) is 105 Å². The summed E-state index contributed by atoms with van der Waals surface area (Å²) in [7, 11) is 0. The monoisotopic (exact) mass is 592 g/mol. The molecular formula is C35H60N8. The molecule has 5 heterocycles. The maximum atomic E-state index is 12.2. The summed E-state index contributed by atoms with van der Waals surface area (Å²) in [5.41, 5.74) is 12.2. The van der Waals surface area contributed by atoms with Crippen LogP contribution in [0.5, 0.6) is 0 Å². The third-order valence-electron chi connectivity index (χ3n) is 11.1. The summed E-state index contributed by atoms with van der Waals surface area (Å²) in [6, 6.07) is -0.610. The molecule has 2 radical (unpaired) electrons. The largest absolute Gasteiger partial charge is 0.349 e. The second kappa shape index (κ2) is 10.4. The molecule has 5 rings (SSSR count). The second-order valence-corrected chi connectivity index (χ2v) is 18.2. The van der Waals surface area contributed by atoms with Crippen molar-refractivity contribution in [2.45, 2.75) is 181 Å². The lowest BCUT2D eigenvalue weighted by Gasteiger charge is -2.61. The van der Waals surface area contributed by atoms with Crippen LogP contribution in [0.1, 0.15) is 147 Å². The van der Waals surface area contributed by atoms with Crippen molar-refractivity contribution < 1.29 is 0 Å². The van der Waals surface area contributed by atoms with Gasteiger partial charge in [-0.2, -0.15) is 15.0 Å². The molecule has 43 heavy (non-hydrogen) atoms. The zero-order valence-corrected chi connectivity index (χ0v) is 29.6. The molecule has 5 atom stereocenters. The van der Waals surface area contributed by atoms with Crippen LogP contribution in [0.2, 0.25) is 0 Å². The number of piperidine rings is 2. The molecule has 1 aromatic heterocycles. The van der Waals surface area contributed by atoms with E-state index in [9.17, 15) is 5.73 Å². The van der Waals surface area contributed by atoms with Crippen molar-refractivity contribution in [2.24, 2.45) is 16.3 Å². The molecule has 1 aromatic rings. The fourth-order valence-electron chi connectivity index (χ4n) is 10.1. The van der Waals surface area contributed by atoms with Gasteiger partial charge in [-0.3, -0.25) is 9.89 Å². The normalized spacial score (nSPS) is 33.8. The van der Waals surface area contributed by atoms with Gasteiger partial charge in [0.1, 0.15) is 5.82 Å².